The standard InChI is InChI=1S/6C6H6.C5H6F6.C5H12.C2H6O2S.6C2H6/c6*1-2-4-6-5-3-1;1-3(2,4(6,7)8)5(9,10)11;1-5(2,3)4;1-4-5(2)3;6*1-2/h6*1-6H;1-2H3;1-4H3;1-2H3;6*1-2H3. The molecule has 0 radical (unpaired) electrons. The molecule has 0 amide bonds. The average Bonchev–Trinajstić information content (AvgIpc) is 3.41. The molecule has 0 fully saturated rings. The molecule has 0 aliphatic heterocycles. The van der Waals surface area contributed by atoms with E-state index < -0.39 is 28.8 Å². The van der Waals surface area contributed by atoms with Gasteiger partial charge < -0.3 is 0 Å². The lowest BCUT2D eigenvalue weighted by atomic mass is 9.92. The highest BCUT2D eigenvalue weighted by molar-refractivity contribution is 7.79. The Morgan fingerprint density at radius 2 is 0.333 bits per heavy atom. The topological polar surface area (TPSA) is 26.3 Å². The number of rotatable bonds is 1. The smallest absolute Gasteiger partial charge is 0.294 e. The van der Waals surface area contributed by atoms with Crippen molar-refractivity contribution < 1.29 is 34.7 Å². The molecule has 6 aromatic carbocycles. The quantitative estimate of drug-likeness (QED) is 0.153. The summed E-state index contributed by atoms with van der Waals surface area (Å²) in [4.78, 5) is 0. The zero-order valence-corrected chi connectivity index (χ0v) is 47.1. The van der Waals surface area contributed by atoms with Crippen LogP contribution in [0, 0.1) is 10.8 Å². The Morgan fingerprint density at radius 1 is 0.275 bits per heavy atom. The van der Waals surface area contributed by atoms with Crippen LogP contribution in [0.5, 0.6) is 0 Å². The molecule has 0 saturated carbocycles. The van der Waals surface area contributed by atoms with Crippen LogP contribution in [-0.2, 0) is 15.3 Å². The fraction of sp³-hybridized carbons (Fsp3) is 0.400. The van der Waals surface area contributed by atoms with Gasteiger partial charge in [0.05, 0.1) is 7.11 Å². The van der Waals surface area contributed by atoms with Crippen molar-refractivity contribution in [2.75, 3.05) is 13.4 Å². The zero-order chi connectivity index (χ0) is 55.7. The fourth-order valence-electron chi connectivity index (χ4n) is 2.47. The lowest BCUT2D eigenvalue weighted by Gasteiger charge is -2.29. The van der Waals surface area contributed by atoms with E-state index in [1.54, 1.807) is 0 Å². The summed E-state index contributed by atoms with van der Waals surface area (Å²) < 4.78 is 83.6. The minimum Gasteiger partial charge on any atom is -0.294 e. The Kier molecular flexibility index (Phi) is 84.7. The summed E-state index contributed by atoms with van der Waals surface area (Å²) in [6, 6.07) is 72.0. The summed E-state index contributed by atoms with van der Waals surface area (Å²) in [7, 11) is 1.40. The van der Waals surface area contributed by atoms with Gasteiger partial charge in [-0.2, -0.15) is 26.3 Å². The molecule has 0 aromatic heterocycles. The number of halogens is 6. The first-order chi connectivity index (χ1) is 32.8. The van der Waals surface area contributed by atoms with Crippen LogP contribution in [0.25, 0.3) is 0 Å². The monoisotopic (exact) mass is 995 g/mol. The molecule has 0 aliphatic rings. The second kappa shape index (κ2) is 69.6. The highest BCUT2D eigenvalue weighted by Gasteiger charge is 2.64. The van der Waals surface area contributed by atoms with Crippen LogP contribution in [0.2, 0.25) is 0 Å². The normalized spacial score (nSPS) is 9.07. The van der Waals surface area contributed by atoms with E-state index in [1.165, 1.54) is 13.4 Å². The third-order valence-electron chi connectivity index (χ3n) is 5.65. The molecular formula is C60H96F6O2S. The molecule has 0 aliphatic carbocycles. The molecule has 396 valence electrons. The Labute approximate surface area is 423 Å². The summed E-state index contributed by atoms with van der Waals surface area (Å²) in [5, 5.41) is 0. The zero-order valence-electron chi connectivity index (χ0n) is 46.3. The van der Waals surface area contributed by atoms with Crippen LogP contribution >= 0.6 is 0 Å². The number of hydrogen-bond donors (Lipinski definition) is 0. The fourth-order valence-corrected chi connectivity index (χ4v) is 2.47. The van der Waals surface area contributed by atoms with Crippen molar-refractivity contribution in [2.45, 2.75) is 137 Å². The molecule has 9 heteroatoms. The van der Waals surface area contributed by atoms with E-state index in [1.807, 2.05) is 301 Å². The minimum atomic E-state index is -5.24. The van der Waals surface area contributed by atoms with Crippen molar-refractivity contribution in [3.63, 3.8) is 0 Å². The third-order valence-corrected chi connectivity index (χ3v) is 6.12. The summed E-state index contributed by atoms with van der Waals surface area (Å²) >= 11 is -1.07. The van der Waals surface area contributed by atoms with Crippen molar-refractivity contribution >= 4 is 11.1 Å². The van der Waals surface area contributed by atoms with Crippen LogP contribution in [0.4, 0.5) is 26.3 Å². The molecule has 6 rings (SSSR count). The SMILES string of the molecule is CC.CC.CC.CC.CC.CC.CC(C)(C(F)(F)F)C(F)(F)F.CC(C)(C)C.COS(C)=O.c1ccccc1.c1ccccc1.c1ccccc1.c1ccccc1.c1ccccc1.c1ccccc1. The van der Waals surface area contributed by atoms with Gasteiger partial charge in [0.15, 0.2) is 16.5 Å². The number of benzene rings is 6. The average molecular weight is 995 g/mol. The predicted molar refractivity (Wildman–Crippen MR) is 299 cm³/mol. The molecular weight excluding hydrogens is 899 g/mol. The second-order valence-electron chi connectivity index (χ2n) is 13.1. The Hall–Kier alpha value is -4.99. The van der Waals surface area contributed by atoms with Crippen molar-refractivity contribution in [2.24, 2.45) is 10.8 Å². The van der Waals surface area contributed by atoms with Gasteiger partial charge >= 0.3 is 12.4 Å². The Morgan fingerprint density at radius 3 is 0.348 bits per heavy atom. The van der Waals surface area contributed by atoms with Crippen LogP contribution in [0.3, 0.4) is 0 Å². The molecule has 0 heterocycles. The molecule has 0 bridgehead atoms. The summed E-state index contributed by atoms with van der Waals surface area (Å²) in [5.41, 5.74) is -3.12. The first-order valence-electron chi connectivity index (χ1n) is 23.8. The maximum atomic E-state index is 11.6. The van der Waals surface area contributed by atoms with Crippen LogP contribution in [0.1, 0.15) is 125 Å². The van der Waals surface area contributed by atoms with E-state index in [4.69, 9.17) is 0 Å². The molecule has 69 heavy (non-hydrogen) atoms. The molecule has 6 aromatic rings. The van der Waals surface area contributed by atoms with E-state index in [0.29, 0.717) is 5.41 Å². The summed E-state index contributed by atoms with van der Waals surface area (Å²) in [6.07, 6.45) is -9.02. The van der Waals surface area contributed by atoms with Gasteiger partial charge in [0, 0.05) is 6.26 Å². The van der Waals surface area contributed by atoms with Gasteiger partial charge in [-0.1, -0.05) is 329 Å². The van der Waals surface area contributed by atoms with Gasteiger partial charge in [-0.05, 0) is 19.3 Å². The molecule has 2 nitrogen and oxygen atoms in total. The van der Waals surface area contributed by atoms with E-state index in [2.05, 4.69) is 31.9 Å². The number of hydrogen-bond acceptors (Lipinski definition) is 2. The van der Waals surface area contributed by atoms with Gasteiger partial charge in [0.2, 0.25) is 0 Å². The summed E-state index contributed by atoms with van der Waals surface area (Å²) in [5.74, 6) is 0. The van der Waals surface area contributed by atoms with E-state index in [9.17, 15) is 30.6 Å². The van der Waals surface area contributed by atoms with Crippen molar-refractivity contribution in [3.8, 4) is 0 Å². The number of alkyl halides is 6. The first kappa shape index (κ1) is 84.0. The van der Waals surface area contributed by atoms with Gasteiger partial charge in [0.1, 0.15) is 0 Å². The van der Waals surface area contributed by atoms with Gasteiger partial charge in [0.25, 0.3) is 0 Å². The maximum Gasteiger partial charge on any atom is 0.402 e. The highest BCUT2D eigenvalue weighted by atomic mass is 32.2. The predicted octanol–water partition coefficient (Wildman–Crippen LogP) is 21.4. The van der Waals surface area contributed by atoms with Gasteiger partial charge in [-0.3, -0.25) is 4.18 Å². The van der Waals surface area contributed by atoms with Crippen molar-refractivity contribution in [3.05, 3.63) is 218 Å². The Balaban J connectivity index is -0.0000000821. The molecule has 0 N–H and O–H groups in total. The van der Waals surface area contributed by atoms with E-state index >= 15 is 0 Å². The molecule has 0 saturated heterocycles. The van der Waals surface area contributed by atoms with Crippen LogP contribution in [0.15, 0.2) is 218 Å². The van der Waals surface area contributed by atoms with E-state index in [-0.39, 0.29) is 13.8 Å². The lowest BCUT2D eigenvalue weighted by Crippen LogP contribution is -2.44. The third kappa shape index (κ3) is 90.1. The highest BCUT2D eigenvalue weighted by Crippen LogP contribution is 2.49. The molecule has 0 spiro atoms. The van der Waals surface area contributed by atoms with Crippen molar-refractivity contribution in [1.82, 2.24) is 0 Å². The minimum absolute atomic E-state index is 0.104. The summed E-state index contributed by atoms with van der Waals surface area (Å²) in [6.45, 7) is 33.0. The largest absolute Gasteiger partial charge is 0.402 e. The molecule has 1 unspecified atom stereocenters. The van der Waals surface area contributed by atoms with E-state index in [0.717, 1.165) is 0 Å². The van der Waals surface area contributed by atoms with Crippen molar-refractivity contribution in [1.29, 1.82) is 0 Å². The first-order valence-corrected chi connectivity index (χ1v) is 25.3. The molecule has 1 atom stereocenters. The second-order valence-corrected chi connectivity index (χ2v) is 14.3. The Bertz CT molecular complexity index is 1180. The maximum absolute atomic E-state index is 11.6. The van der Waals surface area contributed by atoms with Crippen LogP contribution in [-0.4, -0.2) is 29.9 Å². The van der Waals surface area contributed by atoms with Crippen LogP contribution < -0.4 is 0 Å². The van der Waals surface area contributed by atoms with Gasteiger partial charge in [-0.15, -0.1) is 0 Å². The lowest BCUT2D eigenvalue weighted by molar-refractivity contribution is -0.327. The van der Waals surface area contributed by atoms with Gasteiger partial charge in [-0.25, -0.2) is 4.21 Å².